The van der Waals surface area contributed by atoms with Gasteiger partial charge < -0.3 is 10.1 Å². The highest BCUT2D eigenvalue weighted by Gasteiger charge is 2.31. The minimum absolute atomic E-state index is 0.0170. The number of nitrogens with zero attached hydrogens (tertiary/aromatic N) is 2. The van der Waals surface area contributed by atoms with E-state index in [2.05, 4.69) is 17.3 Å². The van der Waals surface area contributed by atoms with E-state index in [9.17, 15) is 8.78 Å². The molecule has 1 aliphatic heterocycles. The Balaban J connectivity index is 1.66. The molecule has 1 aromatic carbocycles. The van der Waals surface area contributed by atoms with Crippen LogP contribution >= 0.6 is 0 Å². The van der Waals surface area contributed by atoms with Crippen molar-refractivity contribution in [1.29, 1.82) is 0 Å². The largest absolute Gasteiger partial charge is 0.373 e. The van der Waals surface area contributed by atoms with E-state index in [4.69, 9.17) is 4.74 Å². The Labute approximate surface area is 147 Å². The maximum Gasteiger partial charge on any atom is 0.130 e. The highest BCUT2D eigenvalue weighted by atomic mass is 19.1. The molecule has 136 valence electrons. The van der Waals surface area contributed by atoms with Crippen molar-refractivity contribution in [2.45, 2.75) is 45.4 Å². The molecule has 0 spiro atoms. The van der Waals surface area contributed by atoms with Crippen molar-refractivity contribution in [2.24, 2.45) is 5.92 Å². The van der Waals surface area contributed by atoms with Gasteiger partial charge in [-0.1, -0.05) is 13.0 Å². The fourth-order valence-electron chi connectivity index (χ4n) is 3.46. The minimum atomic E-state index is -0.548. The van der Waals surface area contributed by atoms with Crippen molar-refractivity contribution in [2.75, 3.05) is 13.2 Å². The lowest BCUT2D eigenvalue weighted by molar-refractivity contribution is 0.0896. The van der Waals surface area contributed by atoms with Gasteiger partial charge in [-0.15, -0.1) is 0 Å². The van der Waals surface area contributed by atoms with Gasteiger partial charge in [-0.2, -0.15) is 5.10 Å². The molecule has 6 heteroatoms. The number of hydrogen-bond donors (Lipinski definition) is 1. The third kappa shape index (κ3) is 4.07. The second kappa shape index (κ2) is 8.06. The Morgan fingerprint density at radius 1 is 1.36 bits per heavy atom. The number of halogens is 2. The number of nitrogens with one attached hydrogen (secondary N) is 1. The molecule has 0 amide bonds. The predicted octanol–water partition coefficient (Wildman–Crippen LogP) is 4.00. The summed E-state index contributed by atoms with van der Waals surface area (Å²) in [7, 11) is 0. The molecule has 3 atom stereocenters. The van der Waals surface area contributed by atoms with Gasteiger partial charge in [-0.25, -0.2) is 8.78 Å². The van der Waals surface area contributed by atoms with Gasteiger partial charge in [0.05, 0.1) is 12.3 Å². The second-order valence-corrected chi connectivity index (χ2v) is 6.50. The van der Waals surface area contributed by atoms with Gasteiger partial charge >= 0.3 is 0 Å². The first-order valence-corrected chi connectivity index (χ1v) is 8.94. The third-order valence-electron chi connectivity index (χ3n) is 4.89. The SMILES string of the molecule is CC[C@H](NC[C@@H]1CCO[C@@H]1c1cnn(CC)c1)c1ccc(F)cc1F. The number of aromatic nitrogens is 2. The molecule has 2 aromatic rings. The van der Waals surface area contributed by atoms with Crippen LogP contribution in [0.3, 0.4) is 0 Å². The van der Waals surface area contributed by atoms with Crippen LogP contribution in [0.25, 0.3) is 0 Å². The van der Waals surface area contributed by atoms with Crippen molar-refractivity contribution in [3.63, 3.8) is 0 Å². The van der Waals surface area contributed by atoms with E-state index in [0.29, 0.717) is 11.5 Å². The van der Waals surface area contributed by atoms with E-state index < -0.39 is 11.6 Å². The molecule has 3 rings (SSSR count). The minimum Gasteiger partial charge on any atom is -0.373 e. The normalized spacial score (nSPS) is 21.6. The Bertz CT molecular complexity index is 704. The molecule has 4 nitrogen and oxygen atoms in total. The van der Waals surface area contributed by atoms with E-state index in [1.54, 1.807) is 0 Å². The van der Waals surface area contributed by atoms with Crippen LogP contribution in [0.2, 0.25) is 0 Å². The summed E-state index contributed by atoms with van der Waals surface area (Å²) >= 11 is 0. The summed E-state index contributed by atoms with van der Waals surface area (Å²) in [4.78, 5) is 0. The smallest absolute Gasteiger partial charge is 0.130 e. The summed E-state index contributed by atoms with van der Waals surface area (Å²) in [5, 5.41) is 7.76. The highest BCUT2D eigenvalue weighted by molar-refractivity contribution is 5.22. The molecule has 1 N–H and O–H groups in total. The summed E-state index contributed by atoms with van der Waals surface area (Å²) in [5.74, 6) is -0.733. The highest BCUT2D eigenvalue weighted by Crippen LogP contribution is 2.34. The molecular weight excluding hydrogens is 324 g/mol. The molecule has 0 aliphatic carbocycles. The lowest BCUT2D eigenvalue weighted by Crippen LogP contribution is -2.29. The number of hydrogen-bond acceptors (Lipinski definition) is 3. The molecule has 0 unspecified atom stereocenters. The Hall–Kier alpha value is -1.79. The first kappa shape index (κ1) is 18.0. The van der Waals surface area contributed by atoms with Crippen LogP contribution in [0.4, 0.5) is 8.78 Å². The number of aryl methyl sites for hydroxylation is 1. The molecule has 0 bridgehead atoms. The quantitative estimate of drug-likeness (QED) is 0.821. The maximum absolute atomic E-state index is 14.1. The van der Waals surface area contributed by atoms with Gasteiger partial charge in [0.15, 0.2) is 0 Å². The molecular formula is C19H25F2N3O. The molecule has 1 fully saturated rings. The number of benzene rings is 1. The lowest BCUT2D eigenvalue weighted by atomic mass is 9.96. The van der Waals surface area contributed by atoms with Crippen LogP contribution in [0.5, 0.6) is 0 Å². The fourth-order valence-corrected chi connectivity index (χ4v) is 3.46. The molecule has 0 radical (unpaired) electrons. The topological polar surface area (TPSA) is 39.1 Å². The first-order valence-electron chi connectivity index (χ1n) is 8.94. The van der Waals surface area contributed by atoms with Crippen LogP contribution in [0.1, 0.15) is 50.0 Å². The summed E-state index contributed by atoms with van der Waals surface area (Å²) in [6.45, 7) is 6.31. The Morgan fingerprint density at radius 3 is 2.88 bits per heavy atom. The van der Waals surface area contributed by atoms with Gasteiger partial charge in [-0.05, 0) is 25.8 Å². The zero-order chi connectivity index (χ0) is 17.8. The summed E-state index contributed by atoms with van der Waals surface area (Å²) in [6.07, 6.45) is 5.60. The number of ether oxygens (including phenoxy) is 1. The van der Waals surface area contributed by atoms with E-state index in [1.807, 2.05) is 24.0 Å². The van der Waals surface area contributed by atoms with E-state index in [0.717, 1.165) is 44.2 Å². The second-order valence-electron chi connectivity index (χ2n) is 6.50. The van der Waals surface area contributed by atoms with Crippen LogP contribution in [0.15, 0.2) is 30.6 Å². The van der Waals surface area contributed by atoms with Crippen molar-refractivity contribution in [1.82, 2.24) is 15.1 Å². The Morgan fingerprint density at radius 2 is 2.20 bits per heavy atom. The molecule has 1 aromatic heterocycles. The monoisotopic (exact) mass is 349 g/mol. The van der Waals surface area contributed by atoms with E-state index in [-0.39, 0.29) is 12.1 Å². The van der Waals surface area contributed by atoms with Crippen LogP contribution in [-0.4, -0.2) is 22.9 Å². The van der Waals surface area contributed by atoms with Gasteiger partial charge in [0.25, 0.3) is 0 Å². The number of rotatable bonds is 7. The summed E-state index contributed by atoms with van der Waals surface area (Å²) in [5.41, 5.74) is 1.60. The summed E-state index contributed by atoms with van der Waals surface area (Å²) < 4.78 is 35.0. The van der Waals surface area contributed by atoms with Gasteiger partial charge in [0.2, 0.25) is 0 Å². The first-order chi connectivity index (χ1) is 12.1. The molecule has 1 aliphatic rings. The van der Waals surface area contributed by atoms with Crippen molar-refractivity contribution < 1.29 is 13.5 Å². The molecule has 25 heavy (non-hydrogen) atoms. The predicted molar refractivity (Wildman–Crippen MR) is 92.1 cm³/mol. The van der Waals surface area contributed by atoms with Crippen LogP contribution in [-0.2, 0) is 11.3 Å². The average Bonchev–Trinajstić information content (AvgIpc) is 3.25. The van der Waals surface area contributed by atoms with Crippen molar-refractivity contribution in [3.05, 3.63) is 53.4 Å². The van der Waals surface area contributed by atoms with Gasteiger partial charge in [0, 0.05) is 55.0 Å². The van der Waals surface area contributed by atoms with E-state index in [1.165, 1.54) is 12.1 Å². The molecule has 1 saturated heterocycles. The van der Waals surface area contributed by atoms with Gasteiger partial charge in [-0.3, -0.25) is 4.68 Å². The standard InChI is InChI=1S/C19H25F2N3O/c1-3-18(16-6-5-15(20)9-17(16)21)22-10-13-7-8-25-19(13)14-11-23-24(4-2)12-14/h5-6,9,11-13,18-19,22H,3-4,7-8,10H2,1-2H3/t13-,18-,19-/m0/s1. The lowest BCUT2D eigenvalue weighted by Gasteiger charge is -2.23. The van der Waals surface area contributed by atoms with Crippen molar-refractivity contribution >= 4 is 0 Å². The zero-order valence-electron chi connectivity index (χ0n) is 14.7. The van der Waals surface area contributed by atoms with Crippen LogP contribution < -0.4 is 5.32 Å². The van der Waals surface area contributed by atoms with Gasteiger partial charge in [0.1, 0.15) is 11.6 Å². The fraction of sp³-hybridized carbons (Fsp3) is 0.526. The van der Waals surface area contributed by atoms with Crippen LogP contribution in [0, 0.1) is 17.6 Å². The Kier molecular flexibility index (Phi) is 5.81. The zero-order valence-corrected chi connectivity index (χ0v) is 14.7. The molecule has 0 saturated carbocycles. The molecule has 2 heterocycles. The third-order valence-corrected chi connectivity index (χ3v) is 4.89. The maximum atomic E-state index is 14.1. The van der Waals surface area contributed by atoms with E-state index >= 15 is 0 Å². The summed E-state index contributed by atoms with van der Waals surface area (Å²) in [6, 6.07) is 3.64. The average molecular weight is 349 g/mol. The van der Waals surface area contributed by atoms with Crippen molar-refractivity contribution in [3.8, 4) is 0 Å².